The van der Waals surface area contributed by atoms with Crippen LogP contribution in [0.3, 0.4) is 0 Å². The summed E-state index contributed by atoms with van der Waals surface area (Å²) in [6, 6.07) is 0.0471. The SMILES string of the molecule is COc1c(C2CCCN2C(=O)Cc2csc(C)n2)c(C)nn1C. The molecule has 1 saturated heterocycles. The molecule has 0 aromatic carbocycles. The monoisotopic (exact) mass is 334 g/mol. The van der Waals surface area contributed by atoms with Crippen LogP contribution in [0.2, 0.25) is 0 Å². The highest BCUT2D eigenvalue weighted by molar-refractivity contribution is 7.09. The second kappa shape index (κ2) is 6.31. The smallest absolute Gasteiger partial charge is 0.229 e. The van der Waals surface area contributed by atoms with Gasteiger partial charge in [-0.05, 0) is 26.7 Å². The minimum Gasteiger partial charge on any atom is -0.481 e. The van der Waals surface area contributed by atoms with Gasteiger partial charge < -0.3 is 9.64 Å². The number of methoxy groups -OCH3 is 1. The molecule has 0 radical (unpaired) electrons. The van der Waals surface area contributed by atoms with Crippen LogP contribution >= 0.6 is 11.3 Å². The standard InChI is InChI=1S/C16H22N4O2S/c1-10-15(16(22-4)19(3)18-10)13-6-5-7-20(13)14(21)8-12-9-23-11(2)17-12/h9,13H,5-8H2,1-4H3. The minimum atomic E-state index is 0.0471. The highest BCUT2D eigenvalue weighted by Gasteiger charge is 2.35. The van der Waals surface area contributed by atoms with E-state index in [1.54, 1.807) is 23.1 Å². The fraction of sp³-hybridized carbons (Fsp3) is 0.562. The van der Waals surface area contributed by atoms with Crippen LogP contribution in [0.25, 0.3) is 0 Å². The Labute approximate surface area is 140 Å². The van der Waals surface area contributed by atoms with Gasteiger partial charge in [0.1, 0.15) is 0 Å². The van der Waals surface area contributed by atoms with Crippen LogP contribution in [0.4, 0.5) is 0 Å². The summed E-state index contributed by atoms with van der Waals surface area (Å²) >= 11 is 1.58. The Morgan fingerprint density at radius 1 is 1.48 bits per heavy atom. The van der Waals surface area contributed by atoms with E-state index in [2.05, 4.69) is 10.1 Å². The molecule has 23 heavy (non-hydrogen) atoms. The third-order valence-corrected chi connectivity index (χ3v) is 5.14. The predicted molar refractivity (Wildman–Crippen MR) is 88.7 cm³/mol. The first-order valence-electron chi connectivity index (χ1n) is 7.79. The van der Waals surface area contributed by atoms with Gasteiger partial charge in [-0.2, -0.15) is 5.10 Å². The number of hydrogen-bond acceptors (Lipinski definition) is 5. The van der Waals surface area contributed by atoms with Gasteiger partial charge in [0, 0.05) is 19.0 Å². The Bertz CT molecular complexity index is 722. The lowest BCUT2D eigenvalue weighted by Crippen LogP contribution is -2.32. The summed E-state index contributed by atoms with van der Waals surface area (Å²) in [6.45, 7) is 4.72. The minimum absolute atomic E-state index is 0.0471. The molecule has 2 aromatic heterocycles. The molecule has 1 unspecified atom stereocenters. The molecule has 0 bridgehead atoms. The first kappa shape index (κ1) is 16.0. The molecule has 3 rings (SSSR count). The van der Waals surface area contributed by atoms with Crippen molar-refractivity contribution >= 4 is 17.2 Å². The fourth-order valence-corrected chi connectivity index (χ4v) is 4.00. The van der Waals surface area contributed by atoms with E-state index in [1.165, 1.54) is 0 Å². The van der Waals surface area contributed by atoms with Gasteiger partial charge >= 0.3 is 0 Å². The van der Waals surface area contributed by atoms with Crippen LogP contribution in [0.15, 0.2) is 5.38 Å². The summed E-state index contributed by atoms with van der Waals surface area (Å²) in [4.78, 5) is 19.1. The molecule has 1 atom stereocenters. The Balaban J connectivity index is 1.84. The maximum atomic E-state index is 12.7. The first-order valence-corrected chi connectivity index (χ1v) is 8.67. The van der Waals surface area contributed by atoms with E-state index in [4.69, 9.17) is 4.74 Å². The van der Waals surface area contributed by atoms with Crippen LogP contribution < -0.4 is 4.74 Å². The molecule has 3 heterocycles. The molecule has 6 nitrogen and oxygen atoms in total. The zero-order valence-corrected chi connectivity index (χ0v) is 14.8. The molecule has 7 heteroatoms. The van der Waals surface area contributed by atoms with Crippen molar-refractivity contribution in [3.05, 3.63) is 27.3 Å². The van der Waals surface area contributed by atoms with E-state index in [0.29, 0.717) is 6.42 Å². The van der Waals surface area contributed by atoms with Gasteiger partial charge in [-0.1, -0.05) is 0 Å². The molecule has 0 spiro atoms. The van der Waals surface area contributed by atoms with Gasteiger partial charge in [-0.25, -0.2) is 9.67 Å². The molecule has 1 aliphatic rings. The summed E-state index contributed by atoms with van der Waals surface area (Å²) < 4.78 is 7.26. The van der Waals surface area contributed by atoms with E-state index in [-0.39, 0.29) is 11.9 Å². The van der Waals surface area contributed by atoms with E-state index < -0.39 is 0 Å². The molecular weight excluding hydrogens is 312 g/mol. The number of carbonyl (C=O) groups is 1. The lowest BCUT2D eigenvalue weighted by molar-refractivity contribution is -0.131. The topological polar surface area (TPSA) is 60.2 Å². The van der Waals surface area contributed by atoms with Gasteiger partial charge in [-0.3, -0.25) is 4.79 Å². The number of aryl methyl sites for hydroxylation is 3. The zero-order valence-electron chi connectivity index (χ0n) is 14.0. The van der Waals surface area contributed by atoms with Crippen LogP contribution in [0.5, 0.6) is 5.88 Å². The van der Waals surface area contributed by atoms with Gasteiger partial charge in [-0.15, -0.1) is 11.3 Å². The van der Waals surface area contributed by atoms with Crippen molar-refractivity contribution in [2.75, 3.05) is 13.7 Å². The number of aromatic nitrogens is 3. The molecule has 1 amide bonds. The molecule has 2 aromatic rings. The summed E-state index contributed by atoms with van der Waals surface area (Å²) in [5.41, 5.74) is 2.83. The average Bonchev–Trinajstić information content (AvgIpc) is 3.18. The number of ether oxygens (including phenoxy) is 1. The maximum Gasteiger partial charge on any atom is 0.229 e. The molecule has 0 N–H and O–H groups in total. The lowest BCUT2D eigenvalue weighted by Gasteiger charge is -2.25. The molecule has 1 aliphatic heterocycles. The van der Waals surface area contributed by atoms with E-state index in [0.717, 1.165) is 47.2 Å². The average molecular weight is 334 g/mol. The zero-order chi connectivity index (χ0) is 16.6. The van der Waals surface area contributed by atoms with Gasteiger partial charge in [0.25, 0.3) is 0 Å². The van der Waals surface area contributed by atoms with Crippen molar-refractivity contribution in [3.8, 4) is 5.88 Å². The predicted octanol–water partition coefficient (Wildman–Crippen LogP) is 2.41. The third kappa shape index (κ3) is 2.97. The van der Waals surface area contributed by atoms with Gasteiger partial charge in [0.15, 0.2) is 0 Å². The van der Waals surface area contributed by atoms with Crippen LogP contribution in [-0.4, -0.2) is 39.2 Å². The Morgan fingerprint density at radius 3 is 2.91 bits per heavy atom. The first-order chi connectivity index (χ1) is 11.0. The summed E-state index contributed by atoms with van der Waals surface area (Å²) in [6.07, 6.45) is 2.32. The summed E-state index contributed by atoms with van der Waals surface area (Å²) in [5.74, 6) is 0.875. The number of thiazole rings is 1. The number of hydrogen-bond donors (Lipinski definition) is 0. The van der Waals surface area contributed by atoms with Crippen LogP contribution in [0.1, 0.15) is 40.8 Å². The molecule has 1 fully saturated rings. The largest absolute Gasteiger partial charge is 0.481 e. The second-order valence-electron chi connectivity index (χ2n) is 5.91. The van der Waals surface area contributed by atoms with Crippen molar-refractivity contribution in [1.29, 1.82) is 0 Å². The Hall–Kier alpha value is -1.89. The quantitative estimate of drug-likeness (QED) is 0.861. The third-order valence-electron chi connectivity index (χ3n) is 4.31. The molecule has 124 valence electrons. The van der Waals surface area contributed by atoms with E-state index >= 15 is 0 Å². The van der Waals surface area contributed by atoms with Crippen LogP contribution in [-0.2, 0) is 18.3 Å². The maximum absolute atomic E-state index is 12.7. The number of rotatable bonds is 4. The Morgan fingerprint density at radius 2 is 2.26 bits per heavy atom. The van der Waals surface area contributed by atoms with Crippen molar-refractivity contribution in [2.45, 2.75) is 39.2 Å². The number of likely N-dealkylation sites (tertiary alicyclic amines) is 1. The van der Waals surface area contributed by atoms with Crippen molar-refractivity contribution < 1.29 is 9.53 Å². The van der Waals surface area contributed by atoms with Crippen LogP contribution in [0, 0.1) is 13.8 Å². The lowest BCUT2D eigenvalue weighted by atomic mass is 10.0. The molecular formula is C16H22N4O2S. The highest BCUT2D eigenvalue weighted by atomic mass is 32.1. The second-order valence-corrected chi connectivity index (χ2v) is 6.97. The normalized spacial score (nSPS) is 17.7. The van der Waals surface area contributed by atoms with Gasteiger partial charge in [0.05, 0.1) is 41.5 Å². The number of amides is 1. The number of nitrogens with zero attached hydrogens (tertiary/aromatic N) is 4. The van der Waals surface area contributed by atoms with E-state index in [9.17, 15) is 4.79 Å². The summed E-state index contributed by atoms with van der Waals surface area (Å²) in [5, 5.41) is 7.41. The van der Waals surface area contributed by atoms with E-state index in [1.807, 2.05) is 31.2 Å². The summed E-state index contributed by atoms with van der Waals surface area (Å²) in [7, 11) is 3.52. The Kier molecular flexibility index (Phi) is 4.39. The highest BCUT2D eigenvalue weighted by Crippen LogP contribution is 2.39. The molecule has 0 saturated carbocycles. The van der Waals surface area contributed by atoms with Crippen molar-refractivity contribution in [2.24, 2.45) is 7.05 Å². The van der Waals surface area contributed by atoms with Crippen molar-refractivity contribution in [1.82, 2.24) is 19.7 Å². The fourth-order valence-electron chi connectivity index (χ4n) is 3.39. The molecule has 0 aliphatic carbocycles. The van der Waals surface area contributed by atoms with Crippen molar-refractivity contribution in [3.63, 3.8) is 0 Å². The number of carbonyl (C=O) groups excluding carboxylic acids is 1. The van der Waals surface area contributed by atoms with Gasteiger partial charge in [0.2, 0.25) is 11.8 Å².